The molecule has 2 aromatic rings. The Morgan fingerprint density at radius 2 is 2.04 bits per heavy atom. The number of fused-ring (bicyclic) bond motifs is 1. The van der Waals surface area contributed by atoms with Crippen LogP contribution in [0.3, 0.4) is 0 Å². The molecule has 0 unspecified atom stereocenters. The Morgan fingerprint density at radius 1 is 1.32 bits per heavy atom. The highest BCUT2D eigenvalue weighted by atomic mass is 35.5. The van der Waals surface area contributed by atoms with E-state index in [-0.39, 0.29) is 30.7 Å². The third kappa shape index (κ3) is 4.16. The summed E-state index contributed by atoms with van der Waals surface area (Å²) in [5, 5.41) is 4.33. The van der Waals surface area contributed by atoms with Crippen LogP contribution < -0.4 is 5.32 Å². The van der Waals surface area contributed by atoms with Crippen LogP contribution in [0.25, 0.3) is 0 Å². The number of aromatic nitrogens is 2. The van der Waals surface area contributed by atoms with E-state index in [1.807, 2.05) is 28.8 Å². The number of carbonyl (C=O) groups is 1. The minimum atomic E-state index is 0. The van der Waals surface area contributed by atoms with Gasteiger partial charge in [-0.25, -0.2) is 4.98 Å². The number of likely N-dealkylation sites (tertiary alicyclic amines) is 1. The van der Waals surface area contributed by atoms with Gasteiger partial charge in [0.15, 0.2) is 10.9 Å². The summed E-state index contributed by atoms with van der Waals surface area (Å²) < 4.78 is 7.72. The number of furan rings is 1. The van der Waals surface area contributed by atoms with E-state index in [1.165, 1.54) is 0 Å². The fraction of sp³-hybridized carbons (Fsp3) is 0.500. The highest BCUT2D eigenvalue weighted by Crippen LogP contribution is 2.28. The average Bonchev–Trinajstić information content (AvgIpc) is 3.28. The third-order valence-corrected chi connectivity index (χ3v) is 5.75. The number of carbonyl (C=O) groups excluding carboxylic acids is 1. The van der Waals surface area contributed by atoms with Gasteiger partial charge in [0.1, 0.15) is 5.76 Å². The Kier molecular flexibility index (Phi) is 6.85. The van der Waals surface area contributed by atoms with Gasteiger partial charge in [0.05, 0.1) is 5.75 Å². The maximum Gasteiger partial charge on any atom is 0.289 e. The Morgan fingerprint density at radius 3 is 2.68 bits per heavy atom. The fourth-order valence-corrected chi connectivity index (χ4v) is 4.20. The molecule has 2 saturated heterocycles. The van der Waals surface area contributed by atoms with E-state index in [4.69, 9.17) is 4.42 Å². The summed E-state index contributed by atoms with van der Waals surface area (Å²) in [4.78, 5) is 18.8. The molecule has 4 rings (SSSR count). The van der Waals surface area contributed by atoms with Crippen LogP contribution in [0.5, 0.6) is 0 Å². The number of rotatable bonds is 4. The van der Waals surface area contributed by atoms with Crippen LogP contribution in [-0.2, 0) is 12.8 Å². The predicted octanol–water partition coefficient (Wildman–Crippen LogP) is 2.44. The molecule has 0 radical (unpaired) electrons. The van der Waals surface area contributed by atoms with E-state index >= 15 is 0 Å². The lowest BCUT2D eigenvalue weighted by atomic mass is 10.0. The molecule has 2 aromatic heterocycles. The van der Waals surface area contributed by atoms with Crippen LogP contribution in [0.1, 0.15) is 16.3 Å². The van der Waals surface area contributed by atoms with Gasteiger partial charge in [0.25, 0.3) is 5.91 Å². The number of nitrogens with one attached hydrogen (secondary N) is 1. The number of imidazole rings is 1. The Bertz CT molecular complexity index is 709. The van der Waals surface area contributed by atoms with Gasteiger partial charge in [-0.2, -0.15) is 0 Å². The van der Waals surface area contributed by atoms with E-state index in [9.17, 15) is 4.79 Å². The summed E-state index contributed by atoms with van der Waals surface area (Å²) in [6.07, 6.45) is 3.69. The van der Waals surface area contributed by atoms with Crippen LogP contribution >= 0.6 is 36.6 Å². The number of aryl methyl sites for hydroxylation is 1. The van der Waals surface area contributed by atoms with Gasteiger partial charge < -0.3 is 19.2 Å². The Balaban J connectivity index is 0.00000113. The monoisotopic (exact) mass is 404 g/mol. The average molecular weight is 405 g/mol. The second-order valence-electron chi connectivity index (χ2n) is 6.26. The van der Waals surface area contributed by atoms with Crippen LogP contribution in [-0.4, -0.2) is 46.5 Å². The van der Waals surface area contributed by atoms with Crippen molar-refractivity contribution in [1.82, 2.24) is 19.8 Å². The van der Waals surface area contributed by atoms with Gasteiger partial charge in [-0.1, -0.05) is 11.8 Å². The van der Waals surface area contributed by atoms with Crippen molar-refractivity contribution in [3.63, 3.8) is 0 Å². The van der Waals surface area contributed by atoms with E-state index < -0.39 is 0 Å². The van der Waals surface area contributed by atoms with Gasteiger partial charge in [0, 0.05) is 45.6 Å². The quantitative estimate of drug-likeness (QED) is 0.792. The summed E-state index contributed by atoms with van der Waals surface area (Å²) in [5.74, 6) is 3.16. The largest absolute Gasteiger partial charge is 0.455 e. The van der Waals surface area contributed by atoms with Crippen LogP contribution in [0.4, 0.5) is 0 Å². The zero-order valence-electron chi connectivity index (χ0n) is 13.9. The first-order chi connectivity index (χ1) is 11.2. The Hall–Kier alpha value is -1.15. The predicted molar refractivity (Wildman–Crippen MR) is 102 cm³/mol. The zero-order chi connectivity index (χ0) is 15.8. The van der Waals surface area contributed by atoms with Gasteiger partial charge in [-0.3, -0.25) is 4.79 Å². The second kappa shape index (κ2) is 8.49. The summed E-state index contributed by atoms with van der Waals surface area (Å²) in [7, 11) is 1.96. The van der Waals surface area contributed by atoms with Gasteiger partial charge in [-0.05, 0) is 24.0 Å². The molecule has 0 saturated carbocycles. The molecule has 2 aliphatic heterocycles. The molecule has 1 amide bonds. The summed E-state index contributed by atoms with van der Waals surface area (Å²) in [5.41, 5.74) is 0. The van der Waals surface area contributed by atoms with Crippen molar-refractivity contribution in [2.45, 2.75) is 10.9 Å². The molecule has 0 aromatic carbocycles. The number of halogens is 2. The highest BCUT2D eigenvalue weighted by molar-refractivity contribution is 7.98. The molecule has 0 bridgehead atoms. The van der Waals surface area contributed by atoms with Crippen molar-refractivity contribution in [3.05, 3.63) is 36.0 Å². The smallest absolute Gasteiger partial charge is 0.289 e. The number of amides is 1. The number of nitrogens with zero attached hydrogens (tertiary/aromatic N) is 3. The standard InChI is InChI=1S/C16H20N4O2S.2ClH/c1-19-5-4-18-16(19)23-10-13-2-3-14(22-13)15(21)20-8-11-6-17-7-12(11)9-20;;/h2-5,11-12,17H,6-10H2,1H3;2*1H/t11-,12+;;. The zero-order valence-corrected chi connectivity index (χ0v) is 16.3. The van der Waals surface area contributed by atoms with Crippen molar-refractivity contribution in [1.29, 1.82) is 0 Å². The van der Waals surface area contributed by atoms with Crippen LogP contribution in [0.2, 0.25) is 0 Å². The first-order valence-electron chi connectivity index (χ1n) is 7.89. The van der Waals surface area contributed by atoms with Crippen molar-refractivity contribution in [2.24, 2.45) is 18.9 Å². The van der Waals surface area contributed by atoms with Crippen LogP contribution in [0.15, 0.2) is 34.1 Å². The molecular weight excluding hydrogens is 383 g/mol. The molecule has 1 N–H and O–H groups in total. The summed E-state index contributed by atoms with van der Waals surface area (Å²) in [6.45, 7) is 3.74. The fourth-order valence-electron chi connectivity index (χ4n) is 3.37. The summed E-state index contributed by atoms with van der Waals surface area (Å²) in [6, 6.07) is 3.69. The van der Waals surface area contributed by atoms with Crippen molar-refractivity contribution >= 4 is 42.5 Å². The van der Waals surface area contributed by atoms with Crippen LogP contribution in [0, 0.1) is 11.8 Å². The first-order valence-corrected chi connectivity index (χ1v) is 8.88. The van der Waals surface area contributed by atoms with Crippen molar-refractivity contribution < 1.29 is 9.21 Å². The first kappa shape index (κ1) is 20.2. The van der Waals surface area contributed by atoms with E-state index in [2.05, 4.69) is 10.3 Å². The minimum Gasteiger partial charge on any atom is -0.455 e. The maximum absolute atomic E-state index is 12.6. The number of hydrogen-bond acceptors (Lipinski definition) is 5. The third-order valence-electron chi connectivity index (χ3n) is 4.67. The molecule has 4 heterocycles. The number of thioether (sulfide) groups is 1. The topological polar surface area (TPSA) is 63.3 Å². The SMILES string of the molecule is Cl.Cl.Cn1ccnc1SCc1ccc(C(=O)N2C[C@H]3CNC[C@H]3C2)o1. The maximum atomic E-state index is 12.6. The van der Waals surface area contributed by atoms with Gasteiger partial charge in [-0.15, -0.1) is 24.8 Å². The lowest BCUT2D eigenvalue weighted by Crippen LogP contribution is -2.31. The molecule has 9 heteroatoms. The van der Waals surface area contributed by atoms with Crippen molar-refractivity contribution in [3.8, 4) is 0 Å². The Labute approximate surface area is 163 Å². The number of hydrogen-bond donors (Lipinski definition) is 1. The summed E-state index contributed by atoms with van der Waals surface area (Å²) >= 11 is 1.60. The molecule has 2 aliphatic rings. The lowest BCUT2D eigenvalue weighted by Gasteiger charge is -2.15. The van der Waals surface area contributed by atoms with Gasteiger partial charge >= 0.3 is 0 Å². The van der Waals surface area contributed by atoms with E-state index in [1.54, 1.807) is 24.0 Å². The van der Waals surface area contributed by atoms with E-state index in [0.717, 1.165) is 37.1 Å². The normalized spacial score (nSPS) is 21.6. The van der Waals surface area contributed by atoms with Crippen molar-refractivity contribution in [2.75, 3.05) is 26.2 Å². The van der Waals surface area contributed by atoms with E-state index in [0.29, 0.717) is 23.3 Å². The molecule has 6 nitrogen and oxygen atoms in total. The highest BCUT2D eigenvalue weighted by Gasteiger charge is 2.38. The molecular formula is C16H22Cl2N4O2S. The molecule has 2 atom stereocenters. The molecule has 0 spiro atoms. The molecule has 2 fully saturated rings. The molecule has 138 valence electrons. The molecule has 0 aliphatic carbocycles. The minimum absolute atomic E-state index is 0. The molecule has 25 heavy (non-hydrogen) atoms. The lowest BCUT2D eigenvalue weighted by molar-refractivity contribution is 0.0748. The van der Waals surface area contributed by atoms with Gasteiger partial charge in [0.2, 0.25) is 0 Å². The second-order valence-corrected chi connectivity index (χ2v) is 7.21.